The molecule has 1 saturated heterocycles. The van der Waals surface area contributed by atoms with Gasteiger partial charge in [-0.1, -0.05) is 112 Å². The molecular weight excluding hydrogens is 586 g/mol. The Morgan fingerprint density at radius 2 is 1.33 bits per heavy atom. The number of ether oxygens (including phenoxy) is 2. The first-order valence-electron chi connectivity index (χ1n) is 16.8. The summed E-state index contributed by atoms with van der Waals surface area (Å²) in [5.74, 6) is -0.324. The number of carbonyl (C=O) groups is 1. The van der Waals surface area contributed by atoms with Gasteiger partial charge in [-0.3, -0.25) is 4.79 Å². The van der Waals surface area contributed by atoms with Crippen LogP contribution in [-0.4, -0.2) is 87.5 Å². The van der Waals surface area contributed by atoms with Crippen LogP contribution >= 0.6 is 0 Å². The molecule has 0 aromatic carbocycles. The quantitative estimate of drug-likeness (QED) is 0.0643. The van der Waals surface area contributed by atoms with Crippen LogP contribution in [0.3, 0.4) is 0 Å². The van der Waals surface area contributed by atoms with Crippen molar-refractivity contribution in [2.75, 3.05) is 13.2 Å². The van der Waals surface area contributed by atoms with Crippen molar-refractivity contribution in [3.63, 3.8) is 0 Å². The average Bonchev–Trinajstić information content (AvgIpc) is 3.05. The molecule has 0 saturated carbocycles. The van der Waals surface area contributed by atoms with Crippen molar-refractivity contribution in [3.8, 4) is 0 Å². The number of hydrogen-bond donors (Lipinski definition) is 6. The Kier molecular flexibility index (Phi) is 24.7. The summed E-state index contributed by atoms with van der Waals surface area (Å²) in [5, 5.41) is 53.4. The van der Waals surface area contributed by atoms with Crippen LogP contribution in [0.1, 0.15) is 84.5 Å². The number of rotatable bonds is 24. The second kappa shape index (κ2) is 27.5. The monoisotopic (exact) mass is 645 g/mol. The minimum absolute atomic E-state index is 0.100. The zero-order chi connectivity index (χ0) is 33.8. The number of allylic oxidation sites excluding steroid dienone is 12. The number of unbranched alkanes of at least 4 members (excludes halogenated alkanes) is 3. The van der Waals surface area contributed by atoms with E-state index >= 15 is 0 Å². The van der Waals surface area contributed by atoms with Gasteiger partial charge in [0.1, 0.15) is 24.4 Å². The number of hydrogen-bond acceptors (Lipinski definition) is 8. The lowest BCUT2D eigenvalue weighted by Gasteiger charge is -2.40. The first kappa shape index (κ1) is 41.4. The molecule has 0 aromatic heterocycles. The molecule has 0 bridgehead atoms. The molecule has 1 aliphatic heterocycles. The third-order valence-electron chi connectivity index (χ3n) is 7.23. The van der Waals surface area contributed by atoms with Gasteiger partial charge in [-0.05, 0) is 51.4 Å². The van der Waals surface area contributed by atoms with Crippen LogP contribution in [0.25, 0.3) is 0 Å². The highest BCUT2D eigenvalue weighted by molar-refractivity contribution is 5.77. The predicted molar refractivity (Wildman–Crippen MR) is 184 cm³/mol. The Morgan fingerprint density at radius 3 is 1.91 bits per heavy atom. The molecule has 1 amide bonds. The van der Waals surface area contributed by atoms with Crippen LogP contribution < -0.4 is 5.32 Å². The van der Waals surface area contributed by atoms with E-state index in [1.807, 2.05) is 18.2 Å². The fraction of sp³-hybridized carbons (Fsp3) is 0.595. The van der Waals surface area contributed by atoms with Gasteiger partial charge in [-0.2, -0.15) is 0 Å². The van der Waals surface area contributed by atoms with Crippen molar-refractivity contribution in [1.82, 2.24) is 5.32 Å². The summed E-state index contributed by atoms with van der Waals surface area (Å²) < 4.78 is 11.0. The van der Waals surface area contributed by atoms with Crippen molar-refractivity contribution in [3.05, 3.63) is 85.1 Å². The van der Waals surface area contributed by atoms with E-state index in [2.05, 4.69) is 73.8 Å². The van der Waals surface area contributed by atoms with Crippen molar-refractivity contribution < 1.29 is 39.8 Å². The minimum Gasteiger partial charge on any atom is -0.394 e. The van der Waals surface area contributed by atoms with E-state index in [1.54, 1.807) is 12.2 Å². The molecule has 0 spiro atoms. The van der Waals surface area contributed by atoms with Crippen LogP contribution in [0.5, 0.6) is 0 Å². The maximum Gasteiger partial charge on any atom is 0.224 e. The molecule has 0 aliphatic carbocycles. The van der Waals surface area contributed by atoms with E-state index in [9.17, 15) is 30.3 Å². The summed E-state index contributed by atoms with van der Waals surface area (Å²) in [7, 11) is 0. The van der Waals surface area contributed by atoms with Gasteiger partial charge >= 0.3 is 0 Å². The van der Waals surface area contributed by atoms with Crippen molar-refractivity contribution in [2.24, 2.45) is 0 Å². The van der Waals surface area contributed by atoms with Gasteiger partial charge in [-0.15, -0.1) is 0 Å². The molecule has 1 heterocycles. The SMILES string of the molecule is CC/C=C\C/C=C\C/C=C\C/C=C\C/C=C\CC(=O)NC(COC1OC(CO)C(O)C(O)C1O)C(O)/C=C/CC/C=C/CCCC. The molecule has 1 rings (SSSR count). The highest BCUT2D eigenvalue weighted by Crippen LogP contribution is 2.22. The van der Waals surface area contributed by atoms with E-state index in [1.165, 1.54) is 0 Å². The Morgan fingerprint density at radius 1 is 0.761 bits per heavy atom. The third-order valence-corrected chi connectivity index (χ3v) is 7.23. The zero-order valence-corrected chi connectivity index (χ0v) is 27.8. The minimum atomic E-state index is -1.59. The number of aliphatic hydroxyl groups is 5. The molecule has 0 radical (unpaired) electrons. The lowest BCUT2D eigenvalue weighted by Crippen LogP contribution is -2.60. The number of aliphatic hydroxyl groups excluding tert-OH is 5. The zero-order valence-electron chi connectivity index (χ0n) is 27.8. The maximum absolute atomic E-state index is 12.7. The summed E-state index contributed by atoms with van der Waals surface area (Å²) in [4.78, 5) is 12.7. The molecule has 1 fully saturated rings. The summed E-state index contributed by atoms with van der Waals surface area (Å²) in [6.45, 7) is 3.44. The first-order chi connectivity index (χ1) is 22.3. The van der Waals surface area contributed by atoms with E-state index in [0.717, 1.165) is 51.4 Å². The van der Waals surface area contributed by atoms with Gasteiger partial charge in [0.2, 0.25) is 5.91 Å². The van der Waals surface area contributed by atoms with E-state index < -0.39 is 49.5 Å². The average molecular weight is 646 g/mol. The van der Waals surface area contributed by atoms with Crippen LogP contribution in [-0.2, 0) is 14.3 Å². The topological polar surface area (TPSA) is 149 Å². The van der Waals surface area contributed by atoms with Crippen molar-refractivity contribution in [2.45, 2.75) is 127 Å². The first-order valence-corrected chi connectivity index (χ1v) is 16.8. The molecule has 46 heavy (non-hydrogen) atoms. The molecular formula is C37H59NO8. The lowest BCUT2D eigenvalue weighted by atomic mass is 9.99. The normalized spacial score (nSPS) is 24.2. The Bertz CT molecular complexity index is 984. The highest BCUT2D eigenvalue weighted by Gasteiger charge is 2.44. The van der Waals surface area contributed by atoms with E-state index in [4.69, 9.17) is 9.47 Å². The van der Waals surface area contributed by atoms with Gasteiger partial charge < -0.3 is 40.3 Å². The Balaban J connectivity index is 2.60. The lowest BCUT2D eigenvalue weighted by molar-refractivity contribution is -0.302. The van der Waals surface area contributed by atoms with Crippen molar-refractivity contribution in [1.29, 1.82) is 0 Å². The second-order valence-electron chi connectivity index (χ2n) is 11.2. The highest BCUT2D eigenvalue weighted by atomic mass is 16.7. The maximum atomic E-state index is 12.7. The molecule has 9 nitrogen and oxygen atoms in total. The van der Waals surface area contributed by atoms with Crippen LogP contribution in [0.15, 0.2) is 85.1 Å². The molecule has 7 atom stereocenters. The molecule has 0 aromatic rings. The Hall–Kier alpha value is -2.63. The van der Waals surface area contributed by atoms with Gasteiger partial charge in [0.25, 0.3) is 0 Å². The van der Waals surface area contributed by atoms with Crippen LogP contribution in [0.4, 0.5) is 0 Å². The number of carbonyl (C=O) groups excluding carboxylic acids is 1. The van der Waals surface area contributed by atoms with Gasteiger partial charge in [-0.25, -0.2) is 0 Å². The molecule has 7 unspecified atom stereocenters. The summed E-state index contributed by atoms with van der Waals surface area (Å²) >= 11 is 0. The number of amides is 1. The molecule has 260 valence electrons. The van der Waals surface area contributed by atoms with Gasteiger partial charge in [0, 0.05) is 6.42 Å². The standard InChI is InChI=1S/C37H59NO8/c1-3-5-7-9-11-13-14-15-16-17-18-19-21-23-25-27-33(41)38-30(31(40)26-24-22-20-12-10-8-6-4-2)29-45-37-36(44)35(43)34(42)32(28-39)46-37/h5,7,10-13,15-16,18-19,23-26,30-32,34-37,39-40,42-44H,3-4,6,8-9,14,17,20-22,27-29H2,1-2H3,(H,38,41)/b7-5-,12-10+,13-11-,16-15-,19-18-,25-23-,26-24+. The molecule has 9 heteroatoms. The third kappa shape index (κ3) is 19.1. The predicted octanol–water partition coefficient (Wildman–Crippen LogP) is 4.87. The summed E-state index contributed by atoms with van der Waals surface area (Å²) in [5.41, 5.74) is 0. The largest absolute Gasteiger partial charge is 0.394 e. The van der Waals surface area contributed by atoms with Gasteiger partial charge in [0.05, 0.1) is 25.4 Å². The smallest absolute Gasteiger partial charge is 0.224 e. The summed E-state index contributed by atoms with van der Waals surface area (Å²) in [6, 6.07) is -0.876. The molecule has 1 aliphatic rings. The number of nitrogens with one attached hydrogen (secondary N) is 1. The second-order valence-corrected chi connectivity index (χ2v) is 11.2. The summed E-state index contributed by atoms with van der Waals surface area (Å²) in [6.07, 6.45) is 29.6. The van der Waals surface area contributed by atoms with Crippen molar-refractivity contribution >= 4 is 5.91 Å². The van der Waals surface area contributed by atoms with E-state index in [-0.39, 0.29) is 18.9 Å². The van der Waals surface area contributed by atoms with E-state index in [0.29, 0.717) is 12.8 Å². The fourth-order valence-electron chi connectivity index (χ4n) is 4.46. The molecule has 6 N–H and O–H groups in total. The fourth-order valence-corrected chi connectivity index (χ4v) is 4.46. The van der Waals surface area contributed by atoms with Crippen LogP contribution in [0, 0.1) is 0 Å². The Labute approximate surface area is 276 Å². The van der Waals surface area contributed by atoms with Gasteiger partial charge in [0.15, 0.2) is 6.29 Å². The van der Waals surface area contributed by atoms with Crippen LogP contribution in [0.2, 0.25) is 0 Å².